The molecule has 4 heteroatoms. The molecule has 0 aliphatic heterocycles. The maximum Gasteiger partial charge on any atom is 0.171 e. The van der Waals surface area contributed by atoms with Crippen LogP contribution in [0.1, 0.15) is 32.7 Å². The van der Waals surface area contributed by atoms with E-state index in [1.165, 1.54) is 22.3 Å². The Morgan fingerprint density at radius 2 is 1.88 bits per heavy atom. The second kappa shape index (κ2) is 4.49. The Labute approximate surface area is 100 Å². The average Bonchev–Trinajstić information content (AvgIpc) is 2.71. The predicted octanol–water partition coefficient (Wildman–Crippen LogP) is 2.06. The summed E-state index contributed by atoms with van der Waals surface area (Å²) < 4.78 is 1.69. The van der Waals surface area contributed by atoms with Crippen molar-refractivity contribution in [2.75, 3.05) is 0 Å². The minimum Gasteiger partial charge on any atom is -0.296 e. The highest BCUT2D eigenvalue weighted by atomic mass is 16.1. The molecule has 0 amide bonds. The van der Waals surface area contributed by atoms with Crippen LogP contribution in [-0.2, 0) is 6.54 Å². The van der Waals surface area contributed by atoms with Crippen LogP contribution in [0.15, 0.2) is 18.3 Å². The van der Waals surface area contributed by atoms with Gasteiger partial charge in [0.1, 0.15) is 5.69 Å². The fourth-order valence-electron chi connectivity index (χ4n) is 2.07. The summed E-state index contributed by atoms with van der Waals surface area (Å²) in [5, 5.41) is 7.68. The third kappa shape index (κ3) is 2.41. The first-order valence-electron chi connectivity index (χ1n) is 5.52. The number of nitrogens with zero attached hydrogens (tertiary/aromatic N) is 3. The van der Waals surface area contributed by atoms with E-state index < -0.39 is 0 Å². The van der Waals surface area contributed by atoms with E-state index in [0.717, 1.165) is 0 Å². The second-order valence-corrected chi connectivity index (χ2v) is 4.34. The van der Waals surface area contributed by atoms with Crippen molar-refractivity contribution in [3.8, 4) is 0 Å². The Kier molecular flexibility index (Phi) is 3.04. The molecule has 4 nitrogen and oxygen atoms in total. The van der Waals surface area contributed by atoms with Crippen molar-refractivity contribution >= 4 is 6.29 Å². The van der Waals surface area contributed by atoms with Gasteiger partial charge in [0.25, 0.3) is 0 Å². The Morgan fingerprint density at radius 3 is 2.41 bits per heavy atom. The molecule has 17 heavy (non-hydrogen) atoms. The van der Waals surface area contributed by atoms with Gasteiger partial charge in [0.15, 0.2) is 6.29 Å². The van der Waals surface area contributed by atoms with Gasteiger partial charge in [-0.15, -0.1) is 5.10 Å². The molecular formula is C13H15N3O. The second-order valence-electron chi connectivity index (χ2n) is 4.34. The minimum absolute atomic E-state index is 0.368. The van der Waals surface area contributed by atoms with Gasteiger partial charge in [-0.1, -0.05) is 22.9 Å². The zero-order valence-corrected chi connectivity index (χ0v) is 10.3. The Morgan fingerprint density at radius 1 is 1.24 bits per heavy atom. The van der Waals surface area contributed by atoms with E-state index in [1.54, 1.807) is 10.9 Å². The highest BCUT2D eigenvalue weighted by molar-refractivity contribution is 5.70. The summed E-state index contributed by atoms with van der Waals surface area (Å²) in [6, 6.07) is 4.31. The first-order chi connectivity index (χ1) is 8.10. The summed E-state index contributed by atoms with van der Waals surface area (Å²) in [6.07, 6.45) is 2.37. The van der Waals surface area contributed by atoms with Crippen LogP contribution in [0.3, 0.4) is 0 Å². The molecule has 0 radical (unpaired) electrons. The van der Waals surface area contributed by atoms with E-state index in [1.807, 2.05) is 0 Å². The molecule has 1 aromatic carbocycles. The lowest BCUT2D eigenvalue weighted by Crippen LogP contribution is -2.04. The SMILES string of the molecule is Cc1cc(C)c(Cn2cc(C=O)nn2)c(C)c1. The summed E-state index contributed by atoms with van der Waals surface area (Å²) in [6.45, 7) is 6.92. The standard InChI is InChI=1S/C13H15N3O/c1-9-4-10(2)13(11(3)5-9)7-16-6-12(8-17)14-15-16/h4-6,8H,7H2,1-3H3. The molecule has 0 spiro atoms. The lowest BCUT2D eigenvalue weighted by Gasteiger charge is -2.10. The zero-order chi connectivity index (χ0) is 12.4. The van der Waals surface area contributed by atoms with Gasteiger partial charge in [0, 0.05) is 0 Å². The predicted molar refractivity (Wildman–Crippen MR) is 65.2 cm³/mol. The normalized spacial score (nSPS) is 10.5. The van der Waals surface area contributed by atoms with Crippen LogP contribution in [0, 0.1) is 20.8 Å². The van der Waals surface area contributed by atoms with Crippen molar-refractivity contribution in [2.24, 2.45) is 0 Å². The van der Waals surface area contributed by atoms with Gasteiger partial charge in [-0.25, -0.2) is 4.68 Å². The number of aldehydes is 1. The van der Waals surface area contributed by atoms with Crippen LogP contribution >= 0.6 is 0 Å². The molecular weight excluding hydrogens is 214 g/mol. The molecule has 1 aromatic heterocycles. The maximum absolute atomic E-state index is 10.5. The lowest BCUT2D eigenvalue weighted by molar-refractivity contribution is 0.111. The van der Waals surface area contributed by atoms with Crippen molar-refractivity contribution in [3.63, 3.8) is 0 Å². The van der Waals surface area contributed by atoms with Gasteiger partial charge in [0.2, 0.25) is 0 Å². The molecule has 0 saturated heterocycles. The quantitative estimate of drug-likeness (QED) is 0.757. The Bertz CT molecular complexity index is 535. The summed E-state index contributed by atoms with van der Waals surface area (Å²) in [5.41, 5.74) is 5.34. The molecule has 0 atom stereocenters. The van der Waals surface area contributed by atoms with Gasteiger partial charge in [0.05, 0.1) is 12.7 Å². The van der Waals surface area contributed by atoms with Crippen LogP contribution in [-0.4, -0.2) is 21.3 Å². The number of aryl methyl sites for hydroxylation is 3. The zero-order valence-electron chi connectivity index (χ0n) is 10.3. The molecule has 0 aliphatic rings. The van der Waals surface area contributed by atoms with E-state index in [4.69, 9.17) is 0 Å². The van der Waals surface area contributed by atoms with Gasteiger partial charge in [-0.2, -0.15) is 0 Å². The fourth-order valence-corrected chi connectivity index (χ4v) is 2.07. The minimum atomic E-state index is 0.368. The van der Waals surface area contributed by atoms with E-state index in [2.05, 4.69) is 43.2 Å². The largest absolute Gasteiger partial charge is 0.296 e. The summed E-state index contributed by atoms with van der Waals surface area (Å²) in [4.78, 5) is 10.5. The third-order valence-corrected chi connectivity index (χ3v) is 2.84. The molecule has 1 heterocycles. The first kappa shape index (κ1) is 11.5. The lowest BCUT2D eigenvalue weighted by atomic mass is 10.00. The fraction of sp³-hybridized carbons (Fsp3) is 0.308. The smallest absolute Gasteiger partial charge is 0.171 e. The summed E-state index contributed by atoms with van der Waals surface area (Å²) >= 11 is 0. The van der Waals surface area contributed by atoms with E-state index >= 15 is 0 Å². The van der Waals surface area contributed by atoms with Crippen LogP contribution in [0.5, 0.6) is 0 Å². The van der Waals surface area contributed by atoms with E-state index in [0.29, 0.717) is 18.5 Å². The molecule has 0 fully saturated rings. The van der Waals surface area contributed by atoms with Crippen LogP contribution in [0.2, 0.25) is 0 Å². The number of hydrogen-bond acceptors (Lipinski definition) is 3. The Hall–Kier alpha value is -1.97. The van der Waals surface area contributed by atoms with Crippen LogP contribution in [0.25, 0.3) is 0 Å². The number of rotatable bonds is 3. The average molecular weight is 229 g/mol. The van der Waals surface area contributed by atoms with Crippen molar-refractivity contribution in [1.82, 2.24) is 15.0 Å². The molecule has 2 aromatic rings. The molecule has 2 rings (SSSR count). The number of carbonyl (C=O) groups is 1. The highest BCUT2D eigenvalue weighted by Gasteiger charge is 2.06. The third-order valence-electron chi connectivity index (χ3n) is 2.84. The molecule has 0 saturated carbocycles. The first-order valence-corrected chi connectivity index (χ1v) is 5.52. The molecule has 88 valence electrons. The van der Waals surface area contributed by atoms with Gasteiger partial charge < -0.3 is 0 Å². The summed E-state index contributed by atoms with van der Waals surface area (Å²) in [5.74, 6) is 0. The maximum atomic E-state index is 10.5. The van der Waals surface area contributed by atoms with Gasteiger partial charge >= 0.3 is 0 Å². The number of aromatic nitrogens is 3. The van der Waals surface area contributed by atoms with Gasteiger partial charge in [-0.3, -0.25) is 4.79 Å². The number of benzene rings is 1. The van der Waals surface area contributed by atoms with E-state index in [-0.39, 0.29) is 0 Å². The molecule has 0 N–H and O–H groups in total. The molecule has 0 aliphatic carbocycles. The number of carbonyl (C=O) groups excluding carboxylic acids is 1. The van der Waals surface area contributed by atoms with Crippen LogP contribution < -0.4 is 0 Å². The monoisotopic (exact) mass is 229 g/mol. The topological polar surface area (TPSA) is 47.8 Å². The van der Waals surface area contributed by atoms with Crippen molar-refractivity contribution < 1.29 is 4.79 Å². The summed E-state index contributed by atoms with van der Waals surface area (Å²) in [7, 11) is 0. The van der Waals surface area contributed by atoms with Gasteiger partial charge in [-0.05, 0) is 37.5 Å². The highest BCUT2D eigenvalue weighted by Crippen LogP contribution is 2.17. The number of hydrogen-bond donors (Lipinski definition) is 0. The van der Waals surface area contributed by atoms with Crippen molar-refractivity contribution in [3.05, 3.63) is 46.3 Å². The van der Waals surface area contributed by atoms with E-state index in [9.17, 15) is 4.79 Å². The molecule has 0 bridgehead atoms. The Balaban J connectivity index is 2.32. The van der Waals surface area contributed by atoms with Crippen molar-refractivity contribution in [2.45, 2.75) is 27.3 Å². The van der Waals surface area contributed by atoms with Crippen LogP contribution in [0.4, 0.5) is 0 Å². The van der Waals surface area contributed by atoms with Crippen molar-refractivity contribution in [1.29, 1.82) is 0 Å². The molecule has 0 unspecified atom stereocenters.